The highest BCUT2D eigenvalue weighted by Gasteiger charge is 2.20. The van der Waals surface area contributed by atoms with Crippen LogP contribution in [0.25, 0.3) is 0 Å². The van der Waals surface area contributed by atoms with Crippen LogP contribution in [0.4, 0.5) is 8.78 Å². The molecule has 1 unspecified atom stereocenters. The average Bonchev–Trinajstić information content (AvgIpc) is 2.34. The highest BCUT2D eigenvalue weighted by molar-refractivity contribution is 5.23. The van der Waals surface area contributed by atoms with Crippen molar-refractivity contribution in [1.82, 2.24) is 5.32 Å². The Kier molecular flexibility index (Phi) is 6.18. The van der Waals surface area contributed by atoms with Crippen molar-refractivity contribution in [3.05, 3.63) is 29.8 Å². The molecule has 19 heavy (non-hydrogen) atoms. The Morgan fingerprint density at radius 2 is 1.89 bits per heavy atom. The summed E-state index contributed by atoms with van der Waals surface area (Å²) in [7, 11) is 0. The highest BCUT2D eigenvalue weighted by atomic mass is 19.1. The lowest BCUT2D eigenvalue weighted by molar-refractivity contribution is 0.158. The minimum absolute atomic E-state index is 0.0371. The summed E-state index contributed by atoms with van der Waals surface area (Å²) in [5.41, 5.74) is -0.342. The van der Waals surface area contributed by atoms with E-state index >= 15 is 0 Å². The van der Waals surface area contributed by atoms with Gasteiger partial charge in [0.05, 0.1) is 13.2 Å². The highest BCUT2D eigenvalue weighted by Crippen LogP contribution is 2.17. The van der Waals surface area contributed by atoms with Crippen molar-refractivity contribution < 1.29 is 18.6 Å². The number of likely N-dealkylation sites (N-methyl/N-ethyl adjacent to an activating group) is 1. The van der Waals surface area contributed by atoms with Gasteiger partial charge in [-0.15, -0.1) is 0 Å². The Labute approximate surface area is 112 Å². The van der Waals surface area contributed by atoms with E-state index in [9.17, 15) is 13.9 Å². The summed E-state index contributed by atoms with van der Waals surface area (Å²) in [4.78, 5) is 0. The third-order valence-corrected chi connectivity index (χ3v) is 2.93. The summed E-state index contributed by atoms with van der Waals surface area (Å²) in [6, 6.07) is 3.11. The first-order valence-corrected chi connectivity index (χ1v) is 6.44. The van der Waals surface area contributed by atoms with Crippen LogP contribution >= 0.6 is 0 Å². The van der Waals surface area contributed by atoms with Crippen molar-refractivity contribution in [2.24, 2.45) is 0 Å². The van der Waals surface area contributed by atoms with Gasteiger partial charge in [-0.2, -0.15) is 0 Å². The molecular formula is C14H21F2NO2. The Morgan fingerprint density at radius 1 is 1.26 bits per heavy atom. The Hall–Kier alpha value is -1.20. The third kappa shape index (κ3) is 5.53. The molecule has 0 aliphatic heterocycles. The molecule has 0 amide bonds. The standard InChI is InChI=1S/C14H21F2NO2/c1-3-17-14(2,10-18)5-4-6-19-13-8-11(15)7-12(16)9-13/h7-9,17-18H,3-6,10H2,1-2H3. The van der Waals surface area contributed by atoms with Crippen molar-refractivity contribution in [3.63, 3.8) is 0 Å². The number of aliphatic hydroxyl groups excluding tert-OH is 1. The van der Waals surface area contributed by atoms with Crippen LogP contribution in [0, 0.1) is 11.6 Å². The summed E-state index contributed by atoms with van der Waals surface area (Å²) in [6.45, 7) is 5.06. The van der Waals surface area contributed by atoms with Gasteiger partial charge in [0, 0.05) is 23.7 Å². The molecule has 3 nitrogen and oxygen atoms in total. The molecule has 1 aromatic rings. The maximum atomic E-state index is 12.9. The molecule has 0 fully saturated rings. The fraction of sp³-hybridized carbons (Fsp3) is 0.571. The van der Waals surface area contributed by atoms with Crippen molar-refractivity contribution in [1.29, 1.82) is 0 Å². The number of halogens is 2. The lowest BCUT2D eigenvalue weighted by atomic mass is 9.97. The van der Waals surface area contributed by atoms with E-state index < -0.39 is 11.6 Å². The Bertz CT molecular complexity index is 381. The van der Waals surface area contributed by atoms with Gasteiger partial charge in [0.25, 0.3) is 0 Å². The molecule has 0 saturated carbocycles. The van der Waals surface area contributed by atoms with Crippen LogP contribution in [-0.2, 0) is 0 Å². The molecule has 0 aromatic heterocycles. The third-order valence-electron chi connectivity index (χ3n) is 2.93. The summed E-state index contributed by atoms with van der Waals surface area (Å²) in [6.07, 6.45) is 1.40. The van der Waals surface area contributed by atoms with Gasteiger partial charge >= 0.3 is 0 Å². The van der Waals surface area contributed by atoms with E-state index in [0.29, 0.717) is 13.0 Å². The number of ether oxygens (including phenoxy) is 1. The molecule has 1 rings (SSSR count). The molecule has 1 atom stereocenters. The van der Waals surface area contributed by atoms with Gasteiger partial charge in [-0.25, -0.2) is 8.78 Å². The molecule has 0 saturated heterocycles. The van der Waals surface area contributed by atoms with Gasteiger partial charge in [-0.3, -0.25) is 0 Å². The van der Waals surface area contributed by atoms with Crippen LogP contribution in [0.2, 0.25) is 0 Å². The second-order valence-corrected chi connectivity index (χ2v) is 4.81. The van der Waals surface area contributed by atoms with Crippen LogP contribution in [0.5, 0.6) is 5.75 Å². The maximum Gasteiger partial charge on any atom is 0.129 e. The van der Waals surface area contributed by atoms with Crippen molar-refractivity contribution in [3.8, 4) is 5.75 Å². The van der Waals surface area contributed by atoms with Gasteiger partial charge in [-0.1, -0.05) is 6.92 Å². The molecule has 0 aliphatic rings. The number of rotatable bonds is 8. The SMILES string of the molecule is CCNC(C)(CO)CCCOc1cc(F)cc(F)c1. The predicted molar refractivity (Wildman–Crippen MR) is 70.3 cm³/mol. The number of aliphatic hydroxyl groups is 1. The van der Waals surface area contributed by atoms with Crippen LogP contribution in [0.3, 0.4) is 0 Å². The quantitative estimate of drug-likeness (QED) is 0.715. The number of hydrogen-bond donors (Lipinski definition) is 2. The molecule has 0 heterocycles. The average molecular weight is 273 g/mol. The fourth-order valence-corrected chi connectivity index (χ4v) is 1.91. The number of hydrogen-bond acceptors (Lipinski definition) is 3. The Morgan fingerprint density at radius 3 is 2.42 bits per heavy atom. The second-order valence-electron chi connectivity index (χ2n) is 4.81. The molecular weight excluding hydrogens is 252 g/mol. The van der Waals surface area contributed by atoms with Crippen LogP contribution in [0.15, 0.2) is 18.2 Å². The van der Waals surface area contributed by atoms with E-state index in [1.165, 1.54) is 0 Å². The minimum atomic E-state index is -0.650. The van der Waals surface area contributed by atoms with E-state index in [0.717, 1.165) is 31.2 Å². The van der Waals surface area contributed by atoms with E-state index in [-0.39, 0.29) is 17.9 Å². The summed E-state index contributed by atoms with van der Waals surface area (Å²) < 4.78 is 31.1. The van der Waals surface area contributed by atoms with E-state index in [1.807, 2.05) is 13.8 Å². The topological polar surface area (TPSA) is 41.5 Å². The number of nitrogens with one attached hydrogen (secondary N) is 1. The molecule has 2 N–H and O–H groups in total. The van der Waals surface area contributed by atoms with Gasteiger partial charge in [0.15, 0.2) is 0 Å². The maximum absolute atomic E-state index is 12.9. The van der Waals surface area contributed by atoms with Crippen LogP contribution < -0.4 is 10.1 Å². The molecule has 5 heteroatoms. The van der Waals surface area contributed by atoms with Crippen LogP contribution in [0.1, 0.15) is 26.7 Å². The van der Waals surface area contributed by atoms with Crippen molar-refractivity contribution in [2.45, 2.75) is 32.2 Å². The second kappa shape index (κ2) is 7.40. The van der Waals surface area contributed by atoms with Gasteiger partial charge < -0.3 is 15.2 Å². The molecule has 0 aliphatic carbocycles. The lowest BCUT2D eigenvalue weighted by Crippen LogP contribution is -2.45. The predicted octanol–water partition coefficient (Wildman–Crippen LogP) is 2.48. The van der Waals surface area contributed by atoms with Gasteiger partial charge in [0.2, 0.25) is 0 Å². The lowest BCUT2D eigenvalue weighted by Gasteiger charge is -2.28. The molecule has 108 valence electrons. The van der Waals surface area contributed by atoms with E-state index in [1.54, 1.807) is 0 Å². The summed E-state index contributed by atoms with van der Waals surface area (Å²) in [5.74, 6) is -1.11. The molecule has 0 bridgehead atoms. The fourth-order valence-electron chi connectivity index (χ4n) is 1.91. The molecule has 1 aromatic carbocycles. The largest absolute Gasteiger partial charge is 0.493 e. The smallest absolute Gasteiger partial charge is 0.129 e. The minimum Gasteiger partial charge on any atom is -0.493 e. The van der Waals surface area contributed by atoms with E-state index in [4.69, 9.17) is 4.74 Å². The van der Waals surface area contributed by atoms with Crippen LogP contribution in [-0.4, -0.2) is 30.4 Å². The summed E-state index contributed by atoms with van der Waals surface area (Å²) >= 11 is 0. The Balaban J connectivity index is 2.38. The van der Waals surface area contributed by atoms with Gasteiger partial charge in [0.1, 0.15) is 17.4 Å². The zero-order chi connectivity index (χ0) is 14.3. The first kappa shape index (κ1) is 15.9. The van der Waals surface area contributed by atoms with Crippen molar-refractivity contribution >= 4 is 0 Å². The van der Waals surface area contributed by atoms with Gasteiger partial charge in [-0.05, 0) is 26.3 Å². The zero-order valence-corrected chi connectivity index (χ0v) is 11.4. The first-order valence-electron chi connectivity index (χ1n) is 6.44. The molecule has 0 spiro atoms. The first-order chi connectivity index (χ1) is 8.99. The number of benzene rings is 1. The van der Waals surface area contributed by atoms with E-state index in [2.05, 4.69) is 5.32 Å². The summed E-state index contributed by atoms with van der Waals surface area (Å²) in [5, 5.41) is 12.5. The zero-order valence-electron chi connectivity index (χ0n) is 11.4. The monoisotopic (exact) mass is 273 g/mol. The van der Waals surface area contributed by atoms with Crippen molar-refractivity contribution in [2.75, 3.05) is 19.8 Å². The normalized spacial score (nSPS) is 14.2. The molecule has 0 radical (unpaired) electrons.